The Balaban J connectivity index is 1.69. The third kappa shape index (κ3) is 5.23. The Morgan fingerprint density at radius 1 is 1.43 bits per heavy atom. The van der Waals surface area contributed by atoms with E-state index >= 15 is 0 Å². The van der Waals surface area contributed by atoms with Crippen LogP contribution in [-0.2, 0) is 18.2 Å². The number of amides is 2. The highest BCUT2D eigenvalue weighted by molar-refractivity contribution is 5.74. The van der Waals surface area contributed by atoms with E-state index in [0.29, 0.717) is 12.6 Å². The Morgan fingerprint density at radius 3 is 2.83 bits per heavy atom. The number of aryl methyl sites for hydroxylation is 2. The lowest BCUT2D eigenvalue weighted by atomic mass is 10.1. The quantitative estimate of drug-likeness (QED) is 0.844. The van der Waals surface area contributed by atoms with E-state index in [0.717, 1.165) is 43.7 Å². The number of ether oxygens (including phenoxy) is 1. The van der Waals surface area contributed by atoms with Gasteiger partial charge in [0.2, 0.25) is 0 Å². The standard InChI is InChI=1S/C17H30N4O2/c1-12(11-16-13(2)20-21(4)14(16)3)19-17(22)18-9-8-15-7-5-6-10-23-15/h12,15H,5-11H2,1-4H3,(H2,18,19,22)/t12-,15-/m0/s1. The smallest absolute Gasteiger partial charge is 0.315 e. The first-order valence-corrected chi connectivity index (χ1v) is 8.62. The van der Waals surface area contributed by atoms with Gasteiger partial charge in [0.05, 0.1) is 11.8 Å². The Morgan fingerprint density at radius 2 is 2.22 bits per heavy atom. The Kier molecular flexibility index (Phi) is 6.45. The van der Waals surface area contributed by atoms with Crippen molar-refractivity contribution in [3.8, 4) is 0 Å². The molecule has 23 heavy (non-hydrogen) atoms. The summed E-state index contributed by atoms with van der Waals surface area (Å²) in [4.78, 5) is 12.0. The van der Waals surface area contributed by atoms with Crippen molar-refractivity contribution in [2.45, 2.75) is 65.0 Å². The maximum Gasteiger partial charge on any atom is 0.315 e. The zero-order valence-electron chi connectivity index (χ0n) is 14.8. The molecule has 2 atom stereocenters. The monoisotopic (exact) mass is 322 g/mol. The van der Waals surface area contributed by atoms with Crippen molar-refractivity contribution < 1.29 is 9.53 Å². The van der Waals surface area contributed by atoms with Gasteiger partial charge in [-0.1, -0.05) is 0 Å². The van der Waals surface area contributed by atoms with E-state index in [4.69, 9.17) is 4.74 Å². The lowest BCUT2D eigenvalue weighted by Crippen LogP contribution is -2.42. The maximum absolute atomic E-state index is 12.0. The summed E-state index contributed by atoms with van der Waals surface area (Å²) in [6, 6.07) is -0.0324. The van der Waals surface area contributed by atoms with Crippen LogP contribution in [0.25, 0.3) is 0 Å². The van der Waals surface area contributed by atoms with Crippen molar-refractivity contribution in [3.63, 3.8) is 0 Å². The highest BCUT2D eigenvalue weighted by Gasteiger charge is 2.16. The molecule has 2 N–H and O–H groups in total. The van der Waals surface area contributed by atoms with E-state index in [9.17, 15) is 4.79 Å². The highest BCUT2D eigenvalue weighted by Crippen LogP contribution is 2.15. The molecule has 1 fully saturated rings. The SMILES string of the molecule is Cc1nn(C)c(C)c1C[C@H](C)NC(=O)NCC[C@@H]1CCCCO1. The minimum Gasteiger partial charge on any atom is -0.378 e. The first-order chi connectivity index (χ1) is 11.0. The van der Waals surface area contributed by atoms with Crippen LogP contribution in [0.2, 0.25) is 0 Å². The number of urea groups is 1. The van der Waals surface area contributed by atoms with E-state index in [-0.39, 0.29) is 12.1 Å². The normalized spacial score (nSPS) is 19.4. The minimum atomic E-state index is -0.104. The second kappa shape index (κ2) is 8.34. The van der Waals surface area contributed by atoms with E-state index in [1.165, 1.54) is 12.0 Å². The molecule has 1 aliphatic heterocycles. The number of hydrogen-bond donors (Lipinski definition) is 2. The fraction of sp³-hybridized carbons (Fsp3) is 0.765. The lowest BCUT2D eigenvalue weighted by molar-refractivity contribution is 0.0120. The molecule has 2 rings (SSSR count). The summed E-state index contributed by atoms with van der Waals surface area (Å²) in [5, 5.41) is 10.4. The van der Waals surface area contributed by atoms with E-state index < -0.39 is 0 Å². The number of nitrogens with zero attached hydrogens (tertiary/aromatic N) is 2. The van der Waals surface area contributed by atoms with Gasteiger partial charge >= 0.3 is 6.03 Å². The van der Waals surface area contributed by atoms with E-state index in [1.807, 2.05) is 25.6 Å². The molecule has 0 bridgehead atoms. The topological polar surface area (TPSA) is 68.2 Å². The summed E-state index contributed by atoms with van der Waals surface area (Å²) in [6.07, 6.45) is 5.50. The number of aromatic nitrogens is 2. The van der Waals surface area contributed by atoms with Gasteiger partial charge in [-0.05, 0) is 58.4 Å². The van der Waals surface area contributed by atoms with Gasteiger partial charge in [-0.15, -0.1) is 0 Å². The number of carbonyl (C=O) groups excluding carboxylic acids is 1. The van der Waals surface area contributed by atoms with Gasteiger partial charge in [-0.3, -0.25) is 4.68 Å². The molecule has 0 aromatic carbocycles. The molecular formula is C17H30N4O2. The third-order valence-corrected chi connectivity index (χ3v) is 4.57. The summed E-state index contributed by atoms with van der Waals surface area (Å²) in [7, 11) is 1.95. The average molecular weight is 322 g/mol. The molecule has 1 aromatic rings. The van der Waals surface area contributed by atoms with Crippen LogP contribution in [-0.4, -0.2) is 41.1 Å². The molecule has 0 aliphatic carbocycles. The molecule has 6 heteroatoms. The van der Waals surface area contributed by atoms with Crippen LogP contribution in [0.5, 0.6) is 0 Å². The minimum absolute atomic E-state index is 0.0718. The highest BCUT2D eigenvalue weighted by atomic mass is 16.5. The van der Waals surface area contributed by atoms with Crippen LogP contribution in [0.1, 0.15) is 49.6 Å². The number of nitrogens with one attached hydrogen (secondary N) is 2. The van der Waals surface area contributed by atoms with Crippen LogP contribution in [0.4, 0.5) is 4.79 Å². The van der Waals surface area contributed by atoms with Crippen molar-refractivity contribution in [1.82, 2.24) is 20.4 Å². The largest absolute Gasteiger partial charge is 0.378 e. The summed E-state index contributed by atoms with van der Waals surface area (Å²) >= 11 is 0. The van der Waals surface area contributed by atoms with Crippen LogP contribution < -0.4 is 10.6 Å². The van der Waals surface area contributed by atoms with Crippen molar-refractivity contribution in [3.05, 3.63) is 17.0 Å². The summed E-state index contributed by atoms with van der Waals surface area (Å²) in [5.41, 5.74) is 3.41. The molecule has 1 aliphatic rings. The molecule has 1 saturated heterocycles. The van der Waals surface area contributed by atoms with Crippen molar-refractivity contribution in [2.24, 2.45) is 7.05 Å². The van der Waals surface area contributed by atoms with Crippen molar-refractivity contribution >= 4 is 6.03 Å². The molecular weight excluding hydrogens is 292 g/mol. The van der Waals surface area contributed by atoms with Gasteiger partial charge in [-0.25, -0.2) is 4.79 Å². The third-order valence-electron chi connectivity index (χ3n) is 4.57. The molecule has 6 nitrogen and oxygen atoms in total. The predicted octanol–water partition coefficient (Wildman–Crippen LogP) is 2.23. The predicted molar refractivity (Wildman–Crippen MR) is 90.6 cm³/mol. The van der Waals surface area contributed by atoms with Crippen LogP contribution in [0, 0.1) is 13.8 Å². The van der Waals surface area contributed by atoms with Gasteiger partial charge < -0.3 is 15.4 Å². The van der Waals surface area contributed by atoms with Crippen LogP contribution in [0.3, 0.4) is 0 Å². The van der Waals surface area contributed by atoms with Gasteiger partial charge in [0.25, 0.3) is 0 Å². The zero-order valence-corrected chi connectivity index (χ0v) is 14.8. The second-order valence-corrected chi connectivity index (χ2v) is 6.56. The van der Waals surface area contributed by atoms with Crippen molar-refractivity contribution in [2.75, 3.05) is 13.2 Å². The van der Waals surface area contributed by atoms with Gasteiger partial charge in [-0.2, -0.15) is 5.10 Å². The van der Waals surface area contributed by atoms with Crippen LogP contribution in [0.15, 0.2) is 0 Å². The molecule has 130 valence electrons. The fourth-order valence-corrected chi connectivity index (χ4v) is 3.13. The molecule has 2 heterocycles. The van der Waals surface area contributed by atoms with E-state index in [2.05, 4.69) is 22.7 Å². The first kappa shape index (κ1) is 17.8. The average Bonchev–Trinajstić information content (AvgIpc) is 2.74. The maximum atomic E-state index is 12.0. The number of rotatable bonds is 6. The van der Waals surface area contributed by atoms with Gasteiger partial charge in [0.15, 0.2) is 0 Å². The fourth-order valence-electron chi connectivity index (χ4n) is 3.13. The molecule has 0 radical (unpaired) electrons. The summed E-state index contributed by atoms with van der Waals surface area (Å²) < 4.78 is 7.56. The summed E-state index contributed by atoms with van der Waals surface area (Å²) in [6.45, 7) is 7.62. The molecule has 0 unspecified atom stereocenters. The zero-order chi connectivity index (χ0) is 16.8. The summed E-state index contributed by atoms with van der Waals surface area (Å²) in [5.74, 6) is 0. The van der Waals surface area contributed by atoms with Crippen LogP contribution >= 0.6 is 0 Å². The van der Waals surface area contributed by atoms with E-state index in [1.54, 1.807) is 0 Å². The number of carbonyl (C=O) groups is 1. The molecule has 1 aromatic heterocycles. The molecule has 2 amide bonds. The molecule has 0 spiro atoms. The Bertz CT molecular complexity index is 521. The van der Waals surface area contributed by atoms with Gasteiger partial charge in [0, 0.05) is 31.9 Å². The molecule has 0 saturated carbocycles. The Labute approximate surface area is 139 Å². The number of hydrogen-bond acceptors (Lipinski definition) is 3. The Hall–Kier alpha value is -1.56. The van der Waals surface area contributed by atoms with Crippen molar-refractivity contribution in [1.29, 1.82) is 0 Å². The lowest BCUT2D eigenvalue weighted by Gasteiger charge is -2.22. The second-order valence-electron chi connectivity index (χ2n) is 6.56. The first-order valence-electron chi connectivity index (χ1n) is 8.62. The van der Waals surface area contributed by atoms with Gasteiger partial charge in [0.1, 0.15) is 0 Å².